The van der Waals surface area contributed by atoms with Crippen molar-refractivity contribution < 1.29 is 8.83 Å². The van der Waals surface area contributed by atoms with Gasteiger partial charge in [-0.3, -0.25) is 9.97 Å². The summed E-state index contributed by atoms with van der Waals surface area (Å²) in [5, 5.41) is 20.9. The minimum atomic E-state index is 0.232. The molecule has 0 saturated carbocycles. The van der Waals surface area contributed by atoms with Crippen molar-refractivity contribution in [1.82, 2.24) is 45.3 Å². The maximum atomic E-state index is 6.01. The third kappa shape index (κ3) is 3.95. The standard InChI is InChI=1S/C33H17N9O2/c1-6-22(30-39-41-32(43-30)24-14-12-20-10-8-18-4-2-16-34-26(18)28(20)37-24)36-23(7-1)31-40-42-33(44-31)25-15-13-21-11-9-19-5-3-17-35-27(19)29(21)38-25/h1-17H. The van der Waals surface area contributed by atoms with Crippen LogP contribution in [0, 0.1) is 0 Å². The molecule has 2 aromatic carbocycles. The van der Waals surface area contributed by atoms with E-state index in [1.165, 1.54) is 0 Å². The highest BCUT2D eigenvalue weighted by Gasteiger charge is 2.18. The molecule has 0 spiro atoms. The predicted octanol–water partition coefficient (Wildman–Crippen LogP) is 6.71. The fourth-order valence-corrected chi connectivity index (χ4v) is 5.22. The van der Waals surface area contributed by atoms with Gasteiger partial charge in [0.25, 0.3) is 23.6 Å². The van der Waals surface area contributed by atoms with Gasteiger partial charge >= 0.3 is 0 Å². The molecule has 0 aliphatic carbocycles. The van der Waals surface area contributed by atoms with Crippen molar-refractivity contribution in [2.75, 3.05) is 0 Å². The second-order valence-corrected chi connectivity index (χ2v) is 10.1. The molecule has 0 saturated heterocycles. The van der Waals surface area contributed by atoms with E-state index < -0.39 is 0 Å². The van der Waals surface area contributed by atoms with E-state index in [2.05, 4.69) is 35.3 Å². The molecule has 11 heteroatoms. The summed E-state index contributed by atoms with van der Waals surface area (Å²) in [4.78, 5) is 23.3. The first-order valence-corrected chi connectivity index (χ1v) is 13.7. The zero-order chi connectivity index (χ0) is 29.0. The molecule has 9 rings (SSSR count). The highest BCUT2D eigenvalue weighted by molar-refractivity contribution is 6.04. The third-order valence-electron chi connectivity index (χ3n) is 7.34. The summed E-state index contributed by atoms with van der Waals surface area (Å²) in [6.07, 6.45) is 3.51. The van der Waals surface area contributed by atoms with Crippen LogP contribution in [0.1, 0.15) is 0 Å². The Kier molecular flexibility index (Phi) is 5.23. The molecular weight excluding hydrogens is 554 g/mol. The summed E-state index contributed by atoms with van der Waals surface area (Å²) in [5.74, 6) is 1.00. The molecule has 7 aromatic heterocycles. The largest absolute Gasteiger partial charge is 0.413 e. The first-order chi connectivity index (χ1) is 21.8. The first-order valence-electron chi connectivity index (χ1n) is 13.7. The molecule has 206 valence electrons. The minimum absolute atomic E-state index is 0.232. The molecule has 0 unspecified atom stereocenters. The van der Waals surface area contributed by atoms with Crippen LogP contribution in [-0.2, 0) is 0 Å². The molecule has 0 fully saturated rings. The summed E-state index contributed by atoms with van der Waals surface area (Å²) in [5.41, 5.74) is 5.13. The SMILES string of the molecule is c1cc(-c2nnc(-c3ccc4ccc5cccnc5c4n3)o2)nc(-c2nnc(-c3ccc4ccc5cccnc5c4n3)o2)c1. The summed E-state index contributed by atoms with van der Waals surface area (Å²) in [6.45, 7) is 0. The van der Waals surface area contributed by atoms with Gasteiger partial charge in [0.05, 0.1) is 22.1 Å². The maximum absolute atomic E-state index is 6.01. The monoisotopic (exact) mass is 571 g/mol. The van der Waals surface area contributed by atoms with Gasteiger partial charge in [-0.25, -0.2) is 15.0 Å². The van der Waals surface area contributed by atoms with Crippen LogP contribution in [0.25, 0.3) is 90.0 Å². The van der Waals surface area contributed by atoms with Gasteiger partial charge < -0.3 is 8.83 Å². The number of pyridine rings is 5. The van der Waals surface area contributed by atoms with E-state index in [0.717, 1.165) is 43.6 Å². The number of rotatable bonds is 4. The second-order valence-electron chi connectivity index (χ2n) is 10.1. The highest BCUT2D eigenvalue weighted by Crippen LogP contribution is 2.30. The molecule has 0 amide bonds. The zero-order valence-corrected chi connectivity index (χ0v) is 22.7. The molecule has 0 bridgehead atoms. The van der Waals surface area contributed by atoms with Crippen LogP contribution in [-0.4, -0.2) is 45.3 Å². The van der Waals surface area contributed by atoms with Gasteiger partial charge in [0, 0.05) is 33.9 Å². The van der Waals surface area contributed by atoms with E-state index in [1.54, 1.807) is 24.5 Å². The van der Waals surface area contributed by atoms with Crippen molar-refractivity contribution in [3.63, 3.8) is 0 Å². The summed E-state index contributed by atoms with van der Waals surface area (Å²) in [6, 6.07) is 28.9. The Labute approximate surface area is 247 Å². The molecule has 44 heavy (non-hydrogen) atoms. The van der Waals surface area contributed by atoms with Crippen molar-refractivity contribution in [2.45, 2.75) is 0 Å². The van der Waals surface area contributed by atoms with Crippen LogP contribution in [0.5, 0.6) is 0 Å². The third-order valence-corrected chi connectivity index (χ3v) is 7.34. The minimum Gasteiger partial charge on any atom is -0.413 e. The Hall–Kier alpha value is -6.49. The molecule has 0 aliphatic rings. The second kappa shape index (κ2) is 9.53. The van der Waals surface area contributed by atoms with Crippen LogP contribution in [0.4, 0.5) is 0 Å². The van der Waals surface area contributed by atoms with Gasteiger partial charge in [-0.15, -0.1) is 20.4 Å². The average molecular weight is 572 g/mol. The lowest BCUT2D eigenvalue weighted by atomic mass is 10.1. The van der Waals surface area contributed by atoms with Crippen molar-refractivity contribution in [3.8, 4) is 46.3 Å². The number of nitrogens with zero attached hydrogens (tertiary/aromatic N) is 9. The fourth-order valence-electron chi connectivity index (χ4n) is 5.22. The number of benzene rings is 2. The van der Waals surface area contributed by atoms with Gasteiger partial charge in [-0.2, -0.15) is 0 Å². The first kappa shape index (κ1) is 24.1. The summed E-state index contributed by atoms with van der Waals surface area (Å²) in [7, 11) is 0. The lowest BCUT2D eigenvalue weighted by Crippen LogP contribution is -1.88. The van der Waals surface area contributed by atoms with Crippen LogP contribution in [0.3, 0.4) is 0 Å². The van der Waals surface area contributed by atoms with Crippen molar-refractivity contribution in [3.05, 3.63) is 103 Å². The molecular formula is C33H17N9O2. The Balaban J connectivity index is 1.04. The number of hydrogen-bond acceptors (Lipinski definition) is 11. The quantitative estimate of drug-likeness (QED) is 0.208. The van der Waals surface area contributed by atoms with E-state index in [0.29, 0.717) is 22.8 Å². The number of hydrogen-bond donors (Lipinski definition) is 0. The Bertz CT molecular complexity index is 2370. The van der Waals surface area contributed by atoms with Gasteiger partial charge in [0.1, 0.15) is 22.8 Å². The summed E-state index contributed by atoms with van der Waals surface area (Å²) >= 11 is 0. The van der Waals surface area contributed by atoms with E-state index >= 15 is 0 Å². The van der Waals surface area contributed by atoms with E-state index in [-0.39, 0.29) is 23.6 Å². The maximum Gasteiger partial charge on any atom is 0.266 e. The topological polar surface area (TPSA) is 142 Å². The lowest BCUT2D eigenvalue weighted by molar-refractivity contribution is 0.576. The molecule has 7 heterocycles. The van der Waals surface area contributed by atoms with Gasteiger partial charge in [0.15, 0.2) is 0 Å². The molecule has 9 aromatic rings. The van der Waals surface area contributed by atoms with Crippen molar-refractivity contribution in [2.24, 2.45) is 0 Å². The molecule has 11 nitrogen and oxygen atoms in total. The number of fused-ring (bicyclic) bond motifs is 6. The van der Waals surface area contributed by atoms with E-state index in [4.69, 9.17) is 18.8 Å². The predicted molar refractivity (Wildman–Crippen MR) is 163 cm³/mol. The van der Waals surface area contributed by atoms with Crippen molar-refractivity contribution in [1.29, 1.82) is 0 Å². The Morgan fingerprint density at radius 2 is 0.727 bits per heavy atom. The van der Waals surface area contributed by atoms with Crippen LogP contribution < -0.4 is 0 Å². The lowest BCUT2D eigenvalue weighted by Gasteiger charge is -2.03. The molecule has 0 N–H and O–H groups in total. The smallest absolute Gasteiger partial charge is 0.266 e. The normalized spacial score (nSPS) is 11.6. The zero-order valence-electron chi connectivity index (χ0n) is 22.7. The molecule has 0 radical (unpaired) electrons. The van der Waals surface area contributed by atoms with Gasteiger partial charge in [-0.1, -0.05) is 54.6 Å². The van der Waals surface area contributed by atoms with Gasteiger partial charge in [-0.05, 0) is 36.4 Å². The van der Waals surface area contributed by atoms with E-state index in [1.807, 2.05) is 78.9 Å². The van der Waals surface area contributed by atoms with Crippen LogP contribution in [0.15, 0.2) is 112 Å². The summed E-state index contributed by atoms with van der Waals surface area (Å²) < 4.78 is 12.0. The molecule has 0 aliphatic heterocycles. The molecule has 0 atom stereocenters. The van der Waals surface area contributed by atoms with E-state index in [9.17, 15) is 0 Å². The highest BCUT2D eigenvalue weighted by atomic mass is 16.4. The Morgan fingerprint density at radius 1 is 0.341 bits per heavy atom. The Morgan fingerprint density at radius 3 is 1.18 bits per heavy atom. The van der Waals surface area contributed by atoms with Gasteiger partial charge in [0.2, 0.25) is 0 Å². The van der Waals surface area contributed by atoms with Crippen molar-refractivity contribution >= 4 is 43.6 Å². The van der Waals surface area contributed by atoms with Crippen LogP contribution >= 0.6 is 0 Å². The van der Waals surface area contributed by atoms with Crippen LogP contribution in [0.2, 0.25) is 0 Å². The fraction of sp³-hybridized carbons (Fsp3) is 0. The average Bonchev–Trinajstić information content (AvgIpc) is 3.79. The number of aromatic nitrogens is 9.